The van der Waals surface area contributed by atoms with E-state index in [9.17, 15) is 4.79 Å². The molecule has 1 saturated heterocycles. The Morgan fingerprint density at radius 3 is 2.04 bits per heavy atom. The van der Waals surface area contributed by atoms with Crippen molar-refractivity contribution in [2.24, 2.45) is 16.8 Å². The van der Waals surface area contributed by atoms with Gasteiger partial charge in [-0.2, -0.15) is 0 Å². The van der Waals surface area contributed by atoms with Crippen molar-refractivity contribution in [3.63, 3.8) is 0 Å². The van der Waals surface area contributed by atoms with Gasteiger partial charge in [0.25, 0.3) is 0 Å². The maximum Gasteiger partial charge on any atom is 0.410 e. The van der Waals surface area contributed by atoms with E-state index in [-0.39, 0.29) is 6.09 Å². The van der Waals surface area contributed by atoms with E-state index in [1.54, 1.807) is 0 Å². The summed E-state index contributed by atoms with van der Waals surface area (Å²) in [5.41, 5.74) is -0.421. The number of guanidine groups is 1. The van der Waals surface area contributed by atoms with Crippen molar-refractivity contribution in [2.45, 2.75) is 52.1 Å². The number of aliphatic imine (C=N–C) groups is 1. The molecule has 132 valence electrons. The van der Waals surface area contributed by atoms with Gasteiger partial charge >= 0.3 is 6.09 Å². The first-order valence-electron chi connectivity index (χ1n) is 8.80. The smallest absolute Gasteiger partial charge is 0.410 e. The van der Waals surface area contributed by atoms with Crippen LogP contribution in [-0.4, -0.2) is 55.8 Å². The lowest BCUT2D eigenvalue weighted by Gasteiger charge is -2.33. The van der Waals surface area contributed by atoms with Crippen LogP contribution in [-0.2, 0) is 4.74 Å². The minimum absolute atomic E-state index is 0.189. The molecule has 0 unspecified atom stereocenters. The Morgan fingerprint density at radius 1 is 1.09 bits per heavy atom. The molecule has 1 saturated carbocycles. The molecular formula is C17H32N4O2. The summed E-state index contributed by atoms with van der Waals surface area (Å²) in [6.45, 7) is 9.19. The summed E-state index contributed by atoms with van der Waals surface area (Å²) in [4.78, 5) is 18.1. The van der Waals surface area contributed by atoms with Crippen LogP contribution in [0.2, 0.25) is 0 Å². The fourth-order valence-corrected chi connectivity index (χ4v) is 2.67. The highest BCUT2D eigenvalue weighted by Crippen LogP contribution is 2.27. The van der Waals surface area contributed by atoms with Gasteiger partial charge < -0.3 is 20.3 Å². The second kappa shape index (κ2) is 7.88. The average molecular weight is 324 g/mol. The molecule has 0 spiro atoms. The molecule has 0 bridgehead atoms. The molecule has 0 aromatic heterocycles. The molecule has 1 heterocycles. The van der Waals surface area contributed by atoms with Crippen LogP contribution >= 0.6 is 0 Å². The number of piperidine rings is 1. The largest absolute Gasteiger partial charge is 0.444 e. The van der Waals surface area contributed by atoms with Gasteiger partial charge in [0.15, 0.2) is 5.96 Å². The maximum atomic E-state index is 12.0. The zero-order valence-electron chi connectivity index (χ0n) is 15.0. The van der Waals surface area contributed by atoms with E-state index < -0.39 is 5.60 Å². The highest BCUT2D eigenvalue weighted by Gasteiger charge is 2.27. The van der Waals surface area contributed by atoms with Crippen LogP contribution in [0.1, 0.15) is 46.5 Å². The first kappa shape index (κ1) is 17.9. The second-order valence-electron chi connectivity index (χ2n) is 7.69. The summed E-state index contributed by atoms with van der Waals surface area (Å²) in [7, 11) is 1.81. The standard InChI is InChI=1S/C17H32N4O2/c1-17(2,3)23-16(22)21-9-7-14(8-10-21)12-20-15(18-4)19-11-13-5-6-13/h13-14H,5-12H2,1-4H3,(H2,18,19,20). The van der Waals surface area contributed by atoms with E-state index >= 15 is 0 Å². The molecule has 1 aliphatic heterocycles. The molecule has 0 atom stereocenters. The van der Waals surface area contributed by atoms with Gasteiger partial charge in [-0.15, -0.1) is 0 Å². The predicted molar refractivity (Wildman–Crippen MR) is 92.6 cm³/mol. The van der Waals surface area contributed by atoms with E-state index in [0.717, 1.165) is 50.9 Å². The minimum atomic E-state index is -0.421. The first-order chi connectivity index (χ1) is 10.9. The third kappa shape index (κ3) is 6.67. The molecule has 1 amide bonds. The maximum absolute atomic E-state index is 12.0. The first-order valence-corrected chi connectivity index (χ1v) is 8.80. The Labute approximate surface area is 140 Å². The van der Waals surface area contributed by atoms with E-state index in [1.165, 1.54) is 12.8 Å². The SMILES string of the molecule is CN=C(NCC1CC1)NCC1CCN(C(=O)OC(C)(C)C)CC1. The number of carbonyl (C=O) groups is 1. The lowest BCUT2D eigenvalue weighted by Crippen LogP contribution is -2.45. The van der Waals surface area contributed by atoms with Crippen LogP contribution in [0, 0.1) is 11.8 Å². The van der Waals surface area contributed by atoms with Crippen LogP contribution in [0.4, 0.5) is 4.79 Å². The summed E-state index contributed by atoms with van der Waals surface area (Å²) < 4.78 is 5.43. The number of nitrogens with zero attached hydrogens (tertiary/aromatic N) is 2. The molecule has 0 aromatic rings. The number of hydrogen-bond donors (Lipinski definition) is 2. The lowest BCUT2D eigenvalue weighted by atomic mass is 9.97. The third-order valence-corrected chi connectivity index (χ3v) is 4.30. The number of carbonyl (C=O) groups excluding carboxylic acids is 1. The van der Waals surface area contributed by atoms with Gasteiger partial charge in [-0.1, -0.05) is 0 Å². The fourth-order valence-electron chi connectivity index (χ4n) is 2.67. The van der Waals surface area contributed by atoms with E-state index in [0.29, 0.717) is 5.92 Å². The van der Waals surface area contributed by atoms with Gasteiger partial charge in [0.1, 0.15) is 5.60 Å². The third-order valence-electron chi connectivity index (χ3n) is 4.30. The molecule has 6 nitrogen and oxygen atoms in total. The highest BCUT2D eigenvalue weighted by atomic mass is 16.6. The number of ether oxygens (including phenoxy) is 1. The molecule has 2 fully saturated rings. The van der Waals surface area contributed by atoms with Crippen LogP contribution < -0.4 is 10.6 Å². The highest BCUT2D eigenvalue weighted by molar-refractivity contribution is 5.79. The van der Waals surface area contributed by atoms with Crippen molar-refractivity contribution in [3.05, 3.63) is 0 Å². The lowest BCUT2D eigenvalue weighted by molar-refractivity contribution is 0.0185. The Hall–Kier alpha value is -1.46. The van der Waals surface area contributed by atoms with Gasteiger partial charge in [-0.05, 0) is 58.3 Å². The fraction of sp³-hybridized carbons (Fsp3) is 0.882. The Bertz CT molecular complexity index is 419. The normalized spacial score (nSPS) is 20.3. The zero-order valence-corrected chi connectivity index (χ0v) is 15.0. The number of likely N-dealkylation sites (tertiary alicyclic amines) is 1. The van der Waals surface area contributed by atoms with E-state index in [4.69, 9.17) is 4.74 Å². The zero-order chi connectivity index (χ0) is 16.9. The Kier molecular flexibility index (Phi) is 6.13. The molecular weight excluding hydrogens is 292 g/mol. The van der Waals surface area contributed by atoms with E-state index in [1.807, 2.05) is 32.7 Å². The molecule has 0 aromatic carbocycles. The van der Waals surface area contributed by atoms with Crippen molar-refractivity contribution >= 4 is 12.1 Å². The molecule has 1 aliphatic carbocycles. The second-order valence-corrected chi connectivity index (χ2v) is 7.69. The van der Waals surface area contributed by atoms with Gasteiger partial charge in [0, 0.05) is 33.2 Å². The van der Waals surface area contributed by atoms with E-state index in [2.05, 4.69) is 15.6 Å². The average Bonchev–Trinajstić information content (AvgIpc) is 3.30. The Balaban J connectivity index is 1.64. The van der Waals surface area contributed by atoms with Crippen molar-refractivity contribution in [2.75, 3.05) is 33.2 Å². The van der Waals surface area contributed by atoms with Gasteiger partial charge in [0.2, 0.25) is 0 Å². The van der Waals surface area contributed by atoms with Gasteiger partial charge in [-0.3, -0.25) is 4.99 Å². The van der Waals surface area contributed by atoms with Crippen LogP contribution in [0.3, 0.4) is 0 Å². The summed E-state index contributed by atoms with van der Waals surface area (Å²) in [5, 5.41) is 6.79. The number of amides is 1. The van der Waals surface area contributed by atoms with Crippen LogP contribution in [0.25, 0.3) is 0 Å². The Morgan fingerprint density at radius 2 is 1.61 bits per heavy atom. The summed E-state index contributed by atoms with van der Waals surface area (Å²) in [5.74, 6) is 2.31. The summed E-state index contributed by atoms with van der Waals surface area (Å²) in [6.07, 6.45) is 4.50. The van der Waals surface area contributed by atoms with Crippen molar-refractivity contribution in [3.8, 4) is 0 Å². The number of hydrogen-bond acceptors (Lipinski definition) is 3. The van der Waals surface area contributed by atoms with Crippen molar-refractivity contribution in [1.29, 1.82) is 0 Å². The number of nitrogens with one attached hydrogen (secondary N) is 2. The van der Waals surface area contributed by atoms with Crippen LogP contribution in [0.15, 0.2) is 4.99 Å². The quantitative estimate of drug-likeness (QED) is 0.615. The molecule has 23 heavy (non-hydrogen) atoms. The molecule has 2 rings (SSSR count). The molecule has 2 aliphatic rings. The molecule has 6 heteroatoms. The number of rotatable bonds is 4. The van der Waals surface area contributed by atoms with Crippen molar-refractivity contribution < 1.29 is 9.53 Å². The molecule has 2 N–H and O–H groups in total. The van der Waals surface area contributed by atoms with Gasteiger partial charge in [-0.25, -0.2) is 4.79 Å². The van der Waals surface area contributed by atoms with Crippen molar-refractivity contribution in [1.82, 2.24) is 15.5 Å². The topological polar surface area (TPSA) is 66.0 Å². The minimum Gasteiger partial charge on any atom is -0.444 e. The summed E-state index contributed by atoms with van der Waals surface area (Å²) >= 11 is 0. The summed E-state index contributed by atoms with van der Waals surface area (Å²) in [6, 6.07) is 0. The predicted octanol–water partition coefficient (Wildman–Crippen LogP) is 2.21. The van der Waals surface area contributed by atoms with Gasteiger partial charge in [0.05, 0.1) is 0 Å². The van der Waals surface area contributed by atoms with Crippen LogP contribution in [0.5, 0.6) is 0 Å². The molecule has 0 radical (unpaired) electrons. The monoisotopic (exact) mass is 324 g/mol.